The molecule has 7 nitrogen and oxygen atoms in total. The highest BCUT2D eigenvalue weighted by atomic mass is 19.1. The van der Waals surface area contributed by atoms with E-state index >= 15 is 0 Å². The molecule has 2 amide bonds. The van der Waals surface area contributed by atoms with Crippen LogP contribution < -0.4 is 10.6 Å². The molecular formula is C19H20FN3O4. The van der Waals surface area contributed by atoms with Crippen LogP contribution >= 0.6 is 0 Å². The number of benzene rings is 1. The Balaban J connectivity index is 2.14. The Labute approximate surface area is 155 Å². The molecule has 0 saturated heterocycles. The summed E-state index contributed by atoms with van der Waals surface area (Å²) in [4.78, 5) is 27.9. The SMILES string of the molecule is C[C@@H]1CC(O)C[C@H](NC(=O)O)c2cc(ccn2)-c2cc(F)ccc2NC1=O. The number of rotatable bonds is 1. The van der Waals surface area contributed by atoms with Crippen molar-refractivity contribution in [1.82, 2.24) is 10.3 Å². The minimum atomic E-state index is -1.25. The van der Waals surface area contributed by atoms with Gasteiger partial charge >= 0.3 is 6.09 Å². The number of carbonyl (C=O) groups is 2. The van der Waals surface area contributed by atoms with Crippen LogP contribution in [0.4, 0.5) is 14.9 Å². The molecule has 3 rings (SSSR count). The number of nitrogens with one attached hydrogen (secondary N) is 2. The van der Waals surface area contributed by atoms with E-state index in [1.54, 1.807) is 19.1 Å². The van der Waals surface area contributed by atoms with Crippen LogP contribution in [-0.4, -0.2) is 33.3 Å². The largest absolute Gasteiger partial charge is 0.465 e. The fraction of sp³-hybridized carbons (Fsp3) is 0.316. The molecule has 1 aromatic heterocycles. The van der Waals surface area contributed by atoms with Gasteiger partial charge in [0.2, 0.25) is 5.91 Å². The number of fused-ring (bicyclic) bond motifs is 4. The van der Waals surface area contributed by atoms with Gasteiger partial charge in [-0.25, -0.2) is 9.18 Å². The number of carbonyl (C=O) groups excluding carboxylic acids is 1. The van der Waals surface area contributed by atoms with Gasteiger partial charge in [-0.15, -0.1) is 0 Å². The topological polar surface area (TPSA) is 112 Å². The van der Waals surface area contributed by atoms with Crippen LogP contribution in [0.15, 0.2) is 36.5 Å². The van der Waals surface area contributed by atoms with Crippen LogP contribution in [0, 0.1) is 11.7 Å². The van der Waals surface area contributed by atoms with Gasteiger partial charge in [-0.1, -0.05) is 6.92 Å². The van der Waals surface area contributed by atoms with Gasteiger partial charge in [0.05, 0.1) is 17.8 Å². The van der Waals surface area contributed by atoms with Crippen molar-refractivity contribution in [3.8, 4) is 11.1 Å². The lowest BCUT2D eigenvalue weighted by Gasteiger charge is -2.24. The van der Waals surface area contributed by atoms with Crippen molar-refractivity contribution in [2.24, 2.45) is 5.92 Å². The summed E-state index contributed by atoms with van der Waals surface area (Å²) >= 11 is 0. The Morgan fingerprint density at radius 3 is 2.81 bits per heavy atom. The third-order valence-corrected chi connectivity index (χ3v) is 4.57. The maximum Gasteiger partial charge on any atom is 0.405 e. The van der Waals surface area contributed by atoms with Crippen LogP contribution in [0.5, 0.6) is 0 Å². The number of aromatic nitrogens is 1. The zero-order chi connectivity index (χ0) is 19.6. The molecule has 1 aliphatic heterocycles. The van der Waals surface area contributed by atoms with Crippen LogP contribution in [0.25, 0.3) is 11.1 Å². The monoisotopic (exact) mass is 373 g/mol. The third kappa shape index (κ3) is 4.40. The summed E-state index contributed by atoms with van der Waals surface area (Å²) in [5.74, 6) is -1.29. The van der Waals surface area contributed by atoms with E-state index < -0.39 is 30.0 Å². The van der Waals surface area contributed by atoms with Crippen molar-refractivity contribution in [3.63, 3.8) is 0 Å². The zero-order valence-corrected chi connectivity index (χ0v) is 14.6. The maximum atomic E-state index is 13.8. The molecule has 8 heteroatoms. The van der Waals surface area contributed by atoms with E-state index in [1.165, 1.54) is 24.4 Å². The van der Waals surface area contributed by atoms with E-state index in [9.17, 15) is 19.1 Å². The smallest absolute Gasteiger partial charge is 0.405 e. The molecular weight excluding hydrogens is 353 g/mol. The van der Waals surface area contributed by atoms with E-state index in [0.717, 1.165) is 0 Å². The summed E-state index contributed by atoms with van der Waals surface area (Å²) in [6, 6.07) is 6.55. The van der Waals surface area contributed by atoms with Crippen molar-refractivity contribution in [3.05, 3.63) is 48.0 Å². The van der Waals surface area contributed by atoms with E-state index in [0.29, 0.717) is 22.5 Å². The lowest BCUT2D eigenvalue weighted by Crippen LogP contribution is -2.32. The van der Waals surface area contributed by atoms with Gasteiger partial charge in [-0.05, 0) is 48.7 Å². The fourth-order valence-electron chi connectivity index (χ4n) is 3.21. The minimum Gasteiger partial charge on any atom is -0.465 e. The predicted octanol–water partition coefficient (Wildman–Crippen LogP) is 2.93. The average molecular weight is 373 g/mol. The molecule has 0 radical (unpaired) electrons. The lowest BCUT2D eigenvalue weighted by molar-refractivity contribution is -0.120. The second-order valence-electron chi connectivity index (χ2n) is 6.68. The van der Waals surface area contributed by atoms with Crippen molar-refractivity contribution in [2.45, 2.75) is 31.9 Å². The highest BCUT2D eigenvalue weighted by Gasteiger charge is 2.25. The Kier molecular flexibility index (Phi) is 5.36. The summed E-state index contributed by atoms with van der Waals surface area (Å²) < 4.78 is 13.8. The molecule has 1 aromatic carbocycles. The van der Waals surface area contributed by atoms with Gasteiger partial charge in [-0.2, -0.15) is 0 Å². The number of halogens is 1. The number of hydrogen-bond donors (Lipinski definition) is 4. The maximum absolute atomic E-state index is 13.8. The van der Waals surface area contributed by atoms with Crippen LogP contribution in [0.3, 0.4) is 0 Å². The highest BCUT2D eigenvalue weighted by molar-refractivity contribution is 5.96. The Morgan fingerprint density at radius 1 is 1.30 bits per heavy atom. The molecule has 0 spiro atoms. The van der Waals surface area contributed by atoms with Gasteiger partial charge < -0.3 is 20.8 Å². The number of pyridine rings is 1. The molecule has 0 aliphatic carbocycles. The molecule has 1 unspecified atom stereocenters. The quantitative estimate of drug-likeness (QED) is 0.614. The summed E-state index contributed by atoms with van der Waals surface area (Å²) in [5, 5.41) is 24.6. The summed E-state index contributed by atoms with van der Waals surface area (Å²) in [7, 11) is 0. The number of aliphatic hydroxyl groups excluding tert-OH is 1. The Bertz CT molecular complexity index is 874. The van der Waals surface area contributed by atoms with E-state index in [-0.39, 0.29) is 18.7 Å². The Morgan fingerprint density at radius 2 is 2.07 bits per heavy atom. The molecule has 2 aromatic rings. The first kappa shape index (κ1) is 18.8. The van der Waals surface area contributed by atoms with Crippen LogP contribution in [-0.2, 0) is 4.79 Å². The van der Waals surface area contributed by atoms with Crippen molar-refractivity contribution in [1.29, 1.82) is 0 Å². The first-order valence-corrected chi connectivity index (χ1v) is 8.57. The normalized spacial score (nSPS) is 22.6. The molecule has 2 bridgehead atoms. The molecule has 142 valence electrons. The standard InChI is InChI=1S/C19H20FN3O4/c1-10-6-13(24)9-17(23-19(26)27)16-7-11(4-5-21-16)14-8-12(20)2-3-15(14)22-18(10)25/h2-5,7-8,10,13,17,23-24H,6,9H2,1H3,(H,22,25)(H,26,27)/t10-,13?,17+/m1/s1. The second-order valence-corrected chi connectivity index (χ2v) is 6.68. The van der Waals surface area contributed by atoms with E-state index in [4.69, 9.17) is 5.11 Å². The summed E-state index contributed by atoms with van der Waals surface area (Å²) in [5.41, 5.74) is 1.89. The average Bonchev–Trinajstić information content (AvgIpc) is 2.61. The van der Waals surface area contributed by atoms with Crippen molar-refractivity contribution < 1.29 is 24.2 Å². The number of nitrogens with zero attached hydrogens (tertiary/aromatic N) is 1. The van der Waals surface area contributed by atoms with Gasteiger partial charge in [0.25, 0.3) is 0 Å². The molecule has 27 heavy (non-hydrogen) atoms. The zero-order valence-electron chi connectivity index (χ0n) is 14.6. The number of aliphatic hydroxyl groups is 1. The molecule has 0 saturated carbocycles. The first-order valence-electron chi connectivity index (χ1n) is 8.57. The molecule has 2 heterocycles. The van der Waals surface area contributed by atoms with E-state index in [2.05, 4.69) is 15.6 Å². The molecule has 3 atom stereocenters. The van der Waals surface area contributed by atoms with Crippen molar-refractivity contribution >= 4 is 17.7 Å². The molecule has 0 fully saturated rings. The summed E-state index contributed by atoms with van der Waals surface area (Å²) in [6.45, 7) is 1.67. The number of carboxylic acid groups (broad SMARTS) is 1. The summed E-state index contributed by atoms with van der Waals surface area (Å²) in [6.07, 6.45) is -0.446. The van der Waals surface area contributed by atoms with E-state index in [1.807, 2.05) is 0 Å². The van der Waals surface area contributed by atoms with Crippen LogP contribution in [0.1, 0.15) is 31.5 Å². The van der Waals surface area contributed by atoms with Gasteiger partial charge in [0.1, 0.15) is 5.82 Å². The lowest BCUT2D eigenvalue weighted by atomic mass is 9.94. The number of hydrogen-bond acceptors (Lipinski definition) is 4. The molecule has 1 aliphatic rings. The van der Waals surface area contributed by atoms with Gasteiger partial charge in [0, 0.05) is 23.4 Å². The van der Waals surface area contributed by atoms with Gasteiger partial charge in [-0.3, -0.25) is 9.78 Å². The van der Waals surface area contributed by atoms with Crippen LogP contribution in [0.2, 0.25) is 0 Å². The molecule has 4 N–H and O–H groups in total. The fourth-order valence-corrected chi connectivity index (χ4v) is 3.21. The predicted molar refractivity (Wildman–Crippen MR) is 96.6 cm³/mol. The third-order valence-electron chi connectivity index (χ3n) is 4.57. The highest BCUT2D eigenvalue weighted by Crippen LogP contribution is 2.32. The minimum absolute atomic E-state index is 0.0659. The van der Waals surface area contributed by atoms with Gasteiger partial charge in [0.15, 0.2) is 0 Å². The Hall–Kier alpha value is -3.00. The second kappa shape index (κ2) is 7.71. The first-order chi connectivity index (χ1) is 12.8. The number of anilines is 1. The number of amides is 2. The van der Waals surface area contributed by atoms with Crippen molar-refractivity contribution in [2.75, 3.05) is 5.32 Å².